The van der Waals surface area contributed by atoms with Gasteiger partial charge in [0, 0.05) is 21.9 Å². The smallest absolute Gasteiger partial charge is 0.142 e. The summed E-state index contributed by atoms with van der Waals surface area (Å²) < 4.78 is 6.49. The number of benzene rings is 5. The van der Waals surface area contributed by atoms with Gasteiger partial charge in [-0.25, -0.2) is 0 Å². The second kappa shape index (κ2) is 8.53. The highest BCUT2D eigenvalue weighted by molar-refractivity contribution is 6.06. The van der Waals surface area contributed by atoms with Gasteiger partial charge in [0.25, 0.3) is 0 Å². The number of rotatable bonds is 3. The molecule has 1 aromatic heterocycles. The molecule has 7 rings (SSSR count). The molecule has 1 aliphatic heterocycles. The zero-order valence-corrected chi connectivity index (χ0v) is 21.9. The minimum absolute atomic E-state index is 0.0441. The highest BCUT2D eigenvalue weighted by Crippen LogP contribution is 2.50. The molecule has 2 heterocycles. The van der Waals surface area contributed by atoms with Gasteiger partial charge < -0.3 is 14.6 Å². The van der Waals surface area contributed by atoms with Crippen molar-refractivity contribution in [2.24, 2.45) is 0 Å². The van der Waals surface area contributed by atoms with Crippen LogP contribution in [0.25, 0.3) is 33.1 Å². The maximum absolute atomic E-state index is 6.49. The number of anilines is 3. The normalized spacial score (nSPS) is 15.1. The predicted molar refractivity (Wildman–Crippen MR) is 159 cm³/mol. The van der Waals surface area contributed by atoms with Crippen LogP contribution in [0.4, 0.5) is 17.1 Å². The molecule has 0 saturated heterocycles. The van der Waals surface area contributed by atoms with Crippen molar-refractivity contribution in [1.82, 2.24) is 0 Å². The Balaban J connectivity index is 1.48. The van der Waals surface area contributed by atoms with Crippen molar-refractivity contribution in [3.63, 3.8) is 0 Å². The Hall–Kier alpha value is -4.50. The molecule has 3 heteroatoms. The molecule has 0 fully saturated rings. The number of furan rings is 1. The van der Waals surface area contributed by atoms with Crippen LogP contribution in [0.3, 0.4) is 0 Å². The van der Waals surface area contributed by atoms with E-state index in [-0.39, 0.29) is 11.6 Å². The molecule has 1 unspecified atom stereocenters. The third-order valence-corrected chi connectivity index (χ3v) is 7.65. The van der Waals surface area contributed by atoms with E-state index in [0.29, 0.717) is 0 Å². The Bertz CT molecular complexity index is 1790. The van der Waals surface area contributed by atoms with Crippen LogP contribution >= 0.6 is 0 Å². The Kier molecular flexibility index (Phi) is 5.09. The fourth-order valence-corrected chi connectivity index (χ4v) is 5.69. The second-order valence-corrected chi connectivity index (χ2v) is 11.1. The first-order valence-corrected chi connectivity index (χ1v) is 13.2. The summed E-state index contributed by atoms with van der Waals surface area (Å²) in [5.41, 5.74) is 10.2. The van der Waals surface area contributed by atoms with Crippen LogP contribution in [0.1, 0.15) is 38.1 Å². The van der Waals surface area contributed by atoms with Crippen molar-refractivity contribution in [3.8, 4) is 11.1 Å². The summed E-state index contributed by atoms with van der Waals surface area (Å²) in [7, 11) is 0. The van der Waals surface area contributed by atoms with E-state index in [1.54, 1.807) is 0 Å². The maximum Gasteiger partial charge on any atom is 0.142 e. The molecule has 1 aliphatic rings. The lowest BCUT2D eigenvalue weighted by Crippen LogP contribution is -2.24. The maximum atomic E-state index is 6.49. The average Bonchev–Trinajstić information content (AvgIpc) is 3.51. The first kappa shape index (κ1) is 22.7. The van der Waals surface area contributed by atoms with Crippen LogP contribution in [-0.2, 0) is 5.41 Å². The largest absolute Gasteiger partial charge is 0.456 e. The van der Waals surface area contributed by atoms with Gasteiger partial charge in [0.1, 0.15) is 17.3 Å². The van der Waals surface area contributed by atoms with Crippen molar-refractivity contribution in [3.05, 3.63) is 126 Å². The van der Waals surface area contributed by atoms with E-state index in [9.17, 15) is 0 Å². The monoisotopic (exact) mass is 494 g/mol. The molecule has 38 heavy (non-hydrogen) atoms. The summed E-state index contributed by atoms with van der Waals surface area (Å²) in [6.45, 7) is 6.82. The zero-order valence-electron chi connectivity index (χ0n) is 21.9. The van der Waals surface area contributed by atoms with Gasteiger partial charge in [-0.05, 0) is 46.9 Å². The van der Waals surface area contributed by atoms with Crippen molar-refractivity contribution in [2.45, 2.75) is 32.4 Å². The van der Waals surface area contributed by atoms with Gasteiger partial charge >= 0.3 is 0 Å². The third kappa shape index (κ3) is 3.58. The summed E-state index contributed by atoms with van der Waals surface area (Å²) in [5.74, 6) is 0. The van der Waals surface area contributed by atoms with Gasteiger partial charge in [-0.3, -0.25) is 0 Å². The molecule has 0 saturated carbocycles. The summed E-state index contributed by atoms with van der Waals surface area (Å²) in [5, 5.41) is 6.11. The van der Waals surface area contributed by atoms with Gasteiger partial charge in [-0.15, -0.1) is 0 Å². The van der Waals surface area contributed by atoms with Crippen molar-refractivity contribution < 1.29 is 4.42 Å². The van der Waals surface area contributed by atoms with E-state index in [1.165, 1.54) is 22.4 Å². The second-order valence-electron chi connectivity index (χ2n) is 11.1. The lowest BCUT2D eigenvalue weighted by molar-refractivity contribution is 0.590. The molecule has 0 bridgehead atoms. The molecule has 0 spiro atoms. The molecule has 5 aromatic carbocycles. The Morgan fingerprint density at radius 1 is 0.684 bits per heavy atom. The van der Waals surface area contributed by atoms with E-state index in [4.69, 9.17) is 4.42 Å². The minimum Gasteiger partial charge on any atom is -0.456 e. The molecular weight excluding hydrogens is 464 g/mol. The van der Waals surface area contributed by atoms with Crippen LogP contribution in [-0.4, -0.2) is 0 Å². The molecule has 0 aliphatic carbocycles. The van der Waals surface area contributed by atoms with Crippen molar-refractivity contribution in [2.75, 3.05) is 10.2 Å². The first-order valence-electron chi connectivity index (χ1n) is 13.2. The number of hydrogen-bond donors (Lipinski definition) is 1. The van der Waals surface area contributed by atoms with Crippen molar-refractivity contribution >= 4 is 39.0 Å². The van der Waals surface area contributed by atoms with Crippen LogP contribution in [0.2, 0.25) is 0 Å². The first-order chi connectivity index (χ1) is 18.5. The molecule has 186 valence electrons. The molecule has 1 atom stereocenters. The fourth-order valence-electron chi connectivity index (χ4n) is 5.69. The summed E-state index contributed by atoms with van der Waals surface area (Å²) in [4.78, 5) is 2.44. The molecular formula is C35H30N2O. The van der Waals surface area contributed by atoms with Gasteiger partial charge in [-0.1, -0.05) is 106 Å². The van der Waals surface area contributed by atoms with Crippen LogP contribution in [0.15, 0.2) is 120 Å². The van der Waals surface area contributed by atoms with E-state index < -0.39 is 0 Å². The van der Waals surface area contributed by atoms with Crippen molar-refractivity contribution in [1.29, 1.82) is 0 Å². The topological polar surface area (TPSA) is 28.4 Å². The molecule has 0 amide bonds. The fraction of sp³-hybridized carbons (Fsp3) is 0.143. The number of hydrogen-bond acceptors (Lipinski definition) is 3. The van der Waals surface area contributed by atoms with Crippen LogP contribution < -0.4 is 10.2 Å². The lowest BCUT2D eigenvalue weighted by atomic mass is 9.84. The standard InChI is InChI=1S/C35H30N2O/c1-35(2,3)24-20-21-30(28(22-24)23-12-5-4-6-13-23)37-31-18-9-8-17-29(31)36-34(37)27-16-11-15-26-25-14-7-10-19-32(25)38-33(26)27/h4-22,34,36H,1-3H3. The van der Waals surface area contributed by atoms with E-state index in [0.717, 1.165) is 38.9 Å². The van der Waals surface area contributed by atoms with Crippen LogP contribution in [0.5, 0.6) is 0 Å². The number of nitrogens with zero attached hydrogens (tertiary/aromatic N) is 1. The van der Waals surface area contributed by atoms with Gasteiger partial charge in [0.15, 0.2) is 0 Å². The summed E-state index contributed by atoms with van der Waals surface area (Å²) in [6, 6.07) is 41.0. The molecule has 1 N–H and O–H groups in total. The Morgan fingerprint density at radius 2 is 1.42 bits per heavy atom. The molecule has 0 radical (unpaired) electrons. The van der Waals surface area contributed by atoms with E-state index in [2.05, 4.69) is 134 Å². The SMILES string of the molecule is CC(C)(C)c1ccc(N2c3ccccc3NC2c2cccc3c2oc2ccccc23)c(-c2ccccc2)c1. The molecule has 3 nitrogen and oxygen atoms in total. The van der Waals surface area contributed by atoms with E-state index in [1.807, 2.05) is 12.1 Å². The van der Waals surface area contributed by atoms with Crippen LogP contribution in [0, 0.1) is 0 Å². The number of para-hydroxylation sites is 4. The zero-order chi connectivity index (χ0) is 25.9. The number of nitrogens with one attached hydrogen (secondary N) is 1. The van der Waals surface area contributed by atoms with Gasteiger partial charge in [0.2, 0.25) is 0 Å². The highest BCUT2D eigenvalue weighted by Gasteiger charge is 2.34. The van der Waals surface area contributed by atoms with Gasteiger partial charge in [-0.2, -0.15) is 0 Å². The average molecular weight is 495 g/mol. The number of fused-ring (bicyclic) bond motifs is 4. The Labute approximate surface area is 223 Å². The molecule has 6 aromatic rings. The highest BCUT2D eigenvalue weighted by atomic mass is 16.3. The third-order valence-electron chi connectivity index (χ3n) is 7.65. The Morgan fingerprint density at radius 3 is 2.26 bits per heavy atom. The van der Waals surface area contributed by atoms with E-state index >= 15 is 0 Å². The quantitative estimate of drug-likeness (QED) is 0.265. The summed E-state index contributed by atoms with van der Waals surface area (Å²) >= 11 is 0. The minimum atomic E-state index is -0.125. The van der Waals surface area contributed by atoms with Gasteiger partial charge in [0.05, 0.1) is 17.1 Å². The summed E-state index contributed by atoms with van der Waals surface area (Å²) in [6.07, 6.45) is -0.125. The lowest BCUT2D eigenvalue weighted by Gasteiger charge is -2.31. The predicted octanol–water partition coefficient (Wildman–Crippen LogP) is 9.81.